The molecule has 70 valence electrons. The largest absolute Gasteiger partial charge is 0.465 e. The highest BCUT2D eigenvalue weighted by atomic mass is 32.2. The summed E-state index contributed by atoms with van der Waals surface area (Å²) in [7, 11) is -2.95. The van der Waals surface area contributed by atoms with Crippen LogP contribution in [-0.2, 0) is 9.84 Å². The van der Waals surface area contributed by atoms with Gasteiger partial charge in [-0.2, -0.15) is 0 Å². The van der Waals surface area contributed by atoms with Gasteiger partial charge in [0.1, 0.15) is 9.84 Å². The molecule has 6 heteroatoms. The van der Waals surface area contributed by atoms with Crippen molar-refractivity contribution in [2.24, 2.45) is 5.92 Å². The van der Waals surface area contributed by atoms with Crippen molar-refractivity contribution >= 4 is 15.9 Å². The van der Waals surface area contributed by atoms with Crippen LogP contribution in [0.25, 0.3) is 0 Å². The van der Waals surface area contributed by atoms with Crippen LogP contribution in [0.1, 0.15) is 0 Å². The van der Waals surface area contributed by atoms with Crippen LogP contribution in [0.5, 0.6) is 0 Å². The second-order valence-corrected chi connectivity index (χ2v) is 5.33. The highest BCUT2D eigenvalue weighted by molar-refractivity contribution is 7.90. The van der Waals surface area contributed by atoms with Gasteiger partial charge in [0.15, 0.2) is 0 Å². The molecule has 0 aromatic carbocycles. The molecule has 0 spiro atoms. The summed E-state index contributed by atoms with van der Waals surface area (Å²) >= 11 is 0. The molecule has 0 bridgehead atoms. The van der Waals surface area contributed by atoms with Crippen LogP contribution < -0.4 is 0 Å². The molecule has 0 aliphatic carbocycles. The molecular formula is C6H11NO4S. The summed E-state index contributed by atoms with van der Waals surface area (Å²) in [5.41, 5.74) is 0. The van der Waals surface area contributed by atoms with Crippen molar-refractivity contribution in [3.63, 3.8) is 0 Å². The maximum absolute atomic E-state index is 10.7. The summed E-state index contributed by atoms with van der Waals surface area (Å²) in [6.45, 7) is 0.699. The van der Waals surface area contributed by atoms with Crippen molar-refractivity contribution in [1.29, 1.82) is 0 Å². The lowest BCUT2D eigenvalue weighted by molar-refractivity contribution is 0.0894. The van der Waals surface area contributed by atoms with Crippen LogP contribution in [0.15, 0.2) is 0 Å². The maximum atomic E-state index is 10.7. The number of hydrogen-bond donors (Lipinski definition) is 1. The number of nitrogens with zero attached hydrogens (tertiary/aromatic N) is 1. The smallest absolute Gasteiger partial charge is 0.407 e. The number of rotatable bonds is 2. The molecule has 1 N–H and O–H groups in total. The van der Waals surface area contributed by atoms with E-state index in [1.165, 1.54) is 4.90 Å². The Bertz CT molecular complexity index is 278. The lowest BCUT2D eigenvalue weighted by Gasteiger charge is -2.36. The number of carbonyl (C=O) groups is 1. The van der Waals surface area contributed by atoms with Crippen molar-refractivity contribution in [3.8, 4) is 0 Å². The van der Waals surface area contributed by atoms with Gasteiger partial charge in [0.05, 0.1) is 5.75 Å². The van der Waals surface area contributed by atoms with E-state index >= 15 is 0 Å². The van der Waals surface area contributed by atoms with Crippen LogP contribution in [0.2, 0.25) is 0 Å². The van der Waals surface area contributed by atoms with Crippen molar-refractivity contribution in [2.45, 2.75) is 0 Å². The highest BCUT2D eigenvalue weighted by Crippen LogP contribution is 2.16. The van der Waals surface area contributed by atoms with Gasteiger partial charge in [0.2, 0.25) is 0 Å². The highest BCUT2D eigenvalue weighted by Gasteiger charge is 2.32. The molecule has 1 aliphatic heterocycles. The summed E-state index contributed by atoms with van der Waals surface area (Å²) in [4.78, 5) is 11.5. The standard InChI is InChI=1S/C6H11NO4S/c1-12(10,11)4-5-2-7(3-5)6(8)9/h5H,2-4H2,1H3,(H,8,9). The molecule has 1 rings (SSSR count). The first-order chi connectivity index (χ1) is 5.38. The third kappa shape index (κ3) is 2.37. The molecule has 1 heterocycles. The molecule has 0 aromatic rings. The number of likely N-dealkylation sites (tertiary alicyclic amines) is 1. The minimum atomic E-state index is -2.95. The molecule has 0 aromatic heterocycles. The Morgan fingerprint density at radius 1 is 1.58 bits per heavy atom. The Labute approximate surface area is 70.9 Å². The van der Waals surface area contributed by atoms with E-state index in [2.05, 4.69) is 0 Å². The predicted octanol–water partition coefficient (Wildman–Crippen LogP) is -0.359. The minimum absolute atomic E-state index is 0.00361. The van der Waals surface area contributed by atoms with Crippen molar-refractivity contribution in [2.75, 3.05) is 25.1 Å². The zero-order valence-electron chi connectivity index (χ0n) is 6.73. The lowest BCUT2D eigenvalue weighted by atomic mass is 10.0. The topological polar surface area (TPSA) is 74.7 Å². The molecule has 5 nitrogen and oxygen atoms in total. The van der Waals surface area contributed by atoms with E-state index in [0.717, 1.165) is 6.26 Å². The zero-order valence-corrected chi connectivity index (χ0v) is 7.54. The van der Waals surface area contributed by atoms with Crippen LogP contribution in [-0.4, -0.2) is 49.6 Å². The third-order valence-electron chi connectivity index (χ3n) is 1.77. The molecule has 1 amide bonds. The molecule has 1 saturated heterocycles. The first kappa shape index (κ1) is 9.31. The molecule has 0 atom stereocenters. The van der Waals surface area contributed by atoms with Crippen LogP contribution in [0.4, 0.5) is 4.79 Å². The van der Waals surface area contributed by atoms with Crippen LogP contribution >= 0.6 is 0 Å². The maximum Gasteiger partial charge on any atom is 0.407 e. The number of amides is 1. The van der Waals surface area contributed by atoms with Gasteiger partial charge < -0.3 is 10.0 Å². The second kappa shape index (κ2) is 2.93. The molecule has 1 fully saturated rings. The predicted molar refractivity (Wildman–Crippen MR) is 42.8 cm³/mol. The third-order valence-corrected chi connectivity index (χ3v) is 2.84. The fourth-order valence-electron chi connectivity index (χ4n) is 1.26. The SMILES string of the molecule is CS(=O)(=O)CC1CN(C(=O)O)C1. The Balaban J connectivity index is 2.32. The summed E-state index contributed by atoms with van der Waals surface area (Å²) < 4.78 is 21.5. The molecular weight excluding hydrogens is 182 g/mol. The fourth-order valence-corrected chi connectivity index (χ4v) is 2.33. The average Bonchev–Trinajstić information content (AvgIpc) is 1.74. The van der Waals surface area contributed by atoms with Gasteiger partial charge in [-0.3, -0.25) is 0 Å². The van der Waals surface area contributed by atoms with E-state index in [-0.39, 0.29) is 11.7 Å². The quantitative estimate of drug-likeness (QED) is 0.650. The Morgan fingerprint density at radius 2 is 2.08 bits per heavy atom. The molecule has 1 aliphatic rings. The summed E-state index contributed by atoms with van der Waals surface area (Å²) in [6.07, 6.45) is 0.191. The van der Waals surface area contributed by atoms with E-state index in [4.69, 9.17) is 5.11 Å². The minimum Gasteiger partial charge on any atom is -0.465 e. The molecule has 0 saturated carbocycles. The fraction of sp³-hybridized carbons (Fsp3) is 0.833. The molecule has 12 heavy (non-hydrogen) atoms. The summed E-state index contributed by atoms with van der Waals surface area (Å²) in [5.74, 6) is 0.0904. The summed E-state index contributed by atoms with van der Waals surface area (Å²) in [5, 5.41) is 8.43. The van der Waals surface area contributed by atoms with Gasteiger partial charge in [0, 0.05) is 25.3 Å². The van der Waals surface area contributed by atoms with E-state index in [0.29, 0.717) is 13.1 Å². The van der Waals surface area contributed by atoms with E-state index < -0.39 is 15.9 Å². The Morgan fingerprint density at radius 3 is 2.42 bits per heavy atom. The van der Waals surface area contributed by atoms with Crippen molar-refractivity contribution in [3.05, 3.63) is 0 Å². The van der Waals surface area contributed by atoms with Crippen LogP contribution in [0.3, 0.4) is 0 Å². The van der Waals surface area contributed by atoms with Gasteiger partial charge >= 0.3 is 6.09 Å². The number of sulfone groups is 1. The summed E-state index contributed by atoms with van der Waals surface area (Å²) in [6, 6.07) is 0. The first-order valence-corrected chi connectivity index (χ1v) is 5.60. The van der Waals surface area contributed by atoms with Crippen LogP contribution in [0, 0.1) is 5.92 Å². The van der Waals surface area contributed by atoms with E-state index in [9.17, 15) is 13.2 Å². The van der Waals surface area contributed by atoms with Gasteiger partial charge in [-0.15, -0.1) is 0 Å². The lowest BCUT2D eigenvalue weighted by Crippen LogP contribution is -2.51. The van der Waals surface area contributed by atoms with Crippen molar-refractivity contribution in [1.82, 2.24) is 4.90 Å². The average molecular weight is 193 g/mol. The number of hydrogen-bond acceptors (Lipinski definition) is 3. The normalized spacial score (nSPS) is 18.9. The van der Waals surface area contributed by atoms with E-state index in [1.54, 1.807) is 0 Å². The Hall–Kier alpha value is -0.780. The van der Waals surface area contributed by atoms with Gasteiger partial charge in [0.25, 0.3) is 0 Å². The number of carboxylic acid groups (broad SMARTS) is 1. The van der Waals surface area contributed by atoms with E-state index in [1.807, 2.05) is 0 Å². The van der Waals surface area contributed by atoms with Gasteiger partial charge in [-0.1, -0.05) is 0 Å². The second-order valence-electron chi connectivity index (χ2n) is 3.15. The molecule has 0 radical (unpaired) electrons. The van der Waals surface area contributed by atoms with Gasteiger partial charge in [-0.25, -0.2) is 13.2 Å². The monoisotopic (exact) mass is 193 g/mol. The van der Waals surface area contributed by atoms with Crippen molar-refractivity contribution < 1.29 is 18.3 Å². The zero-order chi connectivity index (χ0) is 9.35. The van der Waals surface area contributed by atoms with Gasteiger partial charge in [-0.05, 0) is 0 Å². The Kier molecular flexibility index (Phi) is 2.27. The molecule has 0 unspecified atom stereocenters. The first-order valence-electron chi connectivity index (χ1n) is 3.54.